The van der Waals surface area contributed by atoms with Crippen molar-refractivity contribution in [3.63, 3.8) is 0 Å². The Labute approximate surface area is 274 Å². The van der Waals surface area contributed by atoms with E-state index >= 15 is 0 Å². The molecule has 1 aliphatic heterocycles. The quantitative estimate of drug-likeness (QED) is 0.222. The van der Waals surface area contributed by atoms with Crippen LogP contribution in [0.3, 0.4) is 0 Å². The number of carbonyl (C=O) groups excluding carboxylic acids is 2. The number of likely N-dealkylation sites (tertiary alicyclic amines) is 1. The molecule has 11 nitrogen and oxygen atoms in total. The molecule has 2 heterocycles. The van der Waals surface area contributed by atoms with Gasteiger partial charge in [0.05, 0.1) is 23.2 Å². The highest BCUT2D eigenvalue weighted by Gasteiger charge is 2.29. The van der Waals surface area contributed by atoms with Crippen molar-refractivity contribution in [1.29, 1.82) is 0 Å². The summed E-state index contributed by atoms with van der Waals surface area (Å²) in [6.45, 7) is 8.86. The molecule has 1 aliphatic rings. The minimum atomic E-state index is -3.28. The second-order valence-electron chi connectivity index (χ2n) is 12.0. The lowest BCUT2D eigenvalue weighted by atomic mass is 10.00. The average Bonchev–Trinajstić information content (AvgIpc) is 3.01. The third-order valence-corrected chi connectivity index (χ3v) is 8.57. The number of primary amides is 1. The van der Waals surface area contributed by atoms with Crippen LogP contribution >= 0.6 is 0 Å². The number of aromatic nitrogens is 1. The van der Waals surface area contributed by atoms with E-state index in [0.29, 0.717) is 50.0 Å². The summed E-state index contributed by atoms with van der Waals surface area (Å²) in [7, 11) is -3.28. The first-order valence-corrected chi connectivity index (χ1v) is 17.4. The number of ether oxygens (including phenoxy) is 1. The van der Waals surface area contributed by atoms with Crippen molar-refractivity contribution >= 4 is 27.6 Å². The minimum Gasteiger partial charge on any atom is -0.439 e. The molecule has 2 aromatic carbocycles. The zero-order valence-corrected chi connectivity index (χ0v) is 27.9. The molecule has 254 valence electrons. The van der Waals surface area contributed by atoms with Crippen molar-refractivity contribution in [3.8, 4) is 11.6 Å². The fourth-order valence-electron chi connectivity index (χ4n) is 5.53. The van der Waals surface area contributed by atoms with Gasteiger partial charge in [-0.1, -0.05) is 39.0 Å². The van der Waals surface area contributed by atoms with Crippen LogP contribution in [0.25, 0.3) is 0 Å². The molecule has 0 aliphatic carbocycles. The Kier molecular flexibility index (Phi) is 11.9. The number of pyridine rings is 1. The molecule has 3 amide bonds. The van der Waals surface area contributed by atoms with E-state index in [-0.39, 0.29) is 24.2 Å². The molecule has 4 N–H and O–H groups in total. The van der Waals surface area contributed by atoms with Crippen molar-refractivity contribution in [3.05, 3.63) is 82.5 Å². The summed E-state index contributed by atoms with van der Waals surface area (Å²) in [5, 5.41) is 2.50. The number of anilines is 1. The average molecular weight is 673 g/mol. The van der Waals surface area contributed by atoms with Gasteiger partial charge < -0.3 is 20.7 Å². The van der Waals surface area contributed by atoms with Crippen LogP contribution in [0.15, 0.2) is 48.5 Å². The number of hydrogen-bond donors (Lipinski definition) is 3. The van der Waals surface area contributed by atoms with Gasteiger partial charge in [0, 0.05) is 50.9 Å². The van der Waals surface area contributed by atoms with E-state index in [1.807, 2.05) is 19.1 Å². The van der Waals surface area contributed by atoms with Crippen LogP contribution in [0.5, 0.6) is 11.6 Å². The van der Waals surface area contributed by atoms with Gasteiger partial charge in [-0.15, -0.1) is 0 Å². The summed E-state index contributed by atoms with van der Waals surface area (Å²) in [5.74, 6) is -1.95. The van der Waals surface area contributed by atoms with Gasteiger partial charge in [-0.25, -0.2) is 31.7 Å². The lowest BCUT2D eigenvalue weighted by Crippen LogP contribution is -2.49. The summed E-state index contributed by atoms with van der Waals surface area (Å²) in [5.41, 5.74) is 7.19. The van der Waals surface area contributed by atoms with Crippen LogP contribution in [0.4, 0.5) is 19.3 Å². The lowest BCUT2D eigenvalue weighted by molar-refractivity contribution is 0.0996. The molecule has 3 aromatic rings. The van der Waals surface area contributed by atoms with Crippen LogP contribution in [0.2, 0.25) is 0 Å². The van der Waals surface area contributed by atoms with Gasteiger partial charge >= 0.3 is 6.03 Å². The Hall–Kier alpha value is -4.14. The number of rotatable bonds is 13. The monoisotopic (exact) mass is 672 g/mol. The van der Waals surface area contributed by atoms with Gasteiger partial charge in [-0.05, 0) is 54.5 Å². The first-order valence-electron chi connectivity index (χ1n) is 15.5. The summed E-state index contributed by atoms with van der Waals surface area (Å²) in [6, 6.07) is 11.8. The maximum atomic E-state index is 14.4. The fourth-order valence-corrected chi connectivity index (χ4v) is 5.96. The number of nitrogens with zero attached hydrogens (tertiary/aromatic N) is 3. The number of hydrogen-bond acceptors (Lipinski definition) is 7. The van der Waals surface area contributed by atoms with E-state index in [4.69, 9.17) is 15.5 Å². The maximum absolute atomic E-state index is 14.4. The molecule has 0 bridgehead atoms. The predicted molar refractivity (Wildman–Crippen MR) is 176 cm³/mol. The van der Waals surface area contributed by atoms with Crippen LogP contribution in [0.1, 0.15) is 73.1 Å². The Morgan fingerprint density at radius 1 is 1.09 bits per heavy atom. The molecule has 0 spiro atoms. The molecule has 0 saturated carbocycles. The third-order valence-electron chi connectivity index (χ3n) is 7.90. The van der Waals surface area contributed by atoms with Crippen molar-refractivity contribution in [2.75, 3.05) is 31.2 Å². The molecule has 47 heavy (non-hydrogen) atoms. The highest BCUT2D eigenvalue weighted by molar-refractivity contribution is 7.88. The van der Waals surface area contributed by atoms with E-state index in [2.05, 4.69) is 28.8 Å². The Balaban J connectivity index is 1.37. The second-order valence-corrected chi connectivity index (χ2v) is 13.8. The first kappa shape index (κ1) is 35.7. The normalized spacial score (nSPS) is 14.3. The number of nitrogens with two attached hydrogens (primary N) is 1. The topological polar surface area (TPSA) is 147 Å². The van der Waals surface area contributed by atoms with E-state index < -0.39 is 39.2 Å². The van der Waals surface area contributed by atoms with Crippen LogP contribution in [-0.4, -0.2) is 67.1 Å². The minimum absolute atomic E-state index is 0.0858. The predicted octanol–water partition coefficient (Wildman–Crippen LogP) is 5.33. The maximum Gasteiger partial charge on any atom is 0.322 e. The van der Waals surface area contributed by atoms with Crippen LogP contribution in [-0.2, 0) is 23.1 Å². The van der Waals surface area contributed by atoms with Gasteiger partial charge in [-0.3, -0.25) is 9.69 Å². The van der Waals surface area contributed by atoms with E-state index in [9.17, 15) is 26.8 Å². The number of carbonyl (C=O) groups is 2. The number of piperidine rings is 1. The SMILES string of the molecule is CCCN(C(=O)Nc1cc(C(N)=O)c(F)cc1F)C1CCN(Cc2ccc(Oc3ccc(CNS(C)(=O)=O)cc3)nc2C(C)C)CC1. The molecular formula is C33H42F2N6O5S. The van der Waals surface area contributed by atoms with Gasteiger partial charge in [0.25, 0.3) is 5.91 Å². The molecular weight excluding hydrogens is 630 g/mol. The Bertz CT molecular complexity index is 1680. The molecule has 14 heteroatoms. The largest absolute Gasteiger partial charge is 0.439 e. The molecule has 1 saturated heterocycles. The van der Waals surface area contributed by atoms with Gasteiger partial charge in [0.15, 0.2) is 0 Å². The molecule has 0 unspecified atom stereocenters. The second kappa shape index (κ2) is 15.6. The third kappa shape index (κ3) is 9.92. The summed E-state index contributed by atoms with van der Waals surface area (Å²) >= 11 is 0. The van der Waals surface area contributed by atoms with E-state index in [1.165, 1.54) is 0 Å². The smallest absolute Gasteiger partial charge is 0.322 e. The van der Waals surface area contributed by atoms with Gasteiger partial charge in [0.1, 0.15) is 17.4 Å². The highest BCUT2D eigenvalue weighted by Crippen LogP contribution is 2.28. The van der Waals surface area contributed by atoms with Gasteiger partial charge in [0.2, 0.25) is 15.9 Å². The van der Waals surface area contributed by atoms with Crippen molar-refractivity contribution in [2.24, 2.45) is 5.73 Å². The van der Waals surface area contributed by atoms with Crippen molar-refractivity contribution in [1.82, 2.24) is 19.5 Å². The molecule has 1 fully saturated rings. The zero-order chi connectivity index (χ0) is 34.3. The lowest BCUT2D eigenvalue weighted by Gasteiger charge is -2.38. The van der Waals surface area contributed by atoms with E-state index in [0.717, 1.165) is 42.2 Å². The molecule has 4 rings (SSSR count). The summed E-state index contributed by atoms with van der Waals surface area (Å²) in [4.78, 5) is 33.5. The number of sulfonamides is 1. The highest BCUT2D eigenvalue weighted by atomic mass is 32.2. The Morgan fingerprint density at radius 2 is 1.77 bits per heavy atom. The Morgan fingerprint density at radius 3 is 2.36 bits per heavy atom. The fraction of sp³-hybridized carbons (Fsp3) is 0.424. The number of urea groups is 1. The van der Waals surface area contributed by atoms with E-state index in [1.54, 1.807) is 29.2 Å². The van der Waals surface area contributed by atoms with Crippen LogP contribution < -0.4 is 20.5 Å². The summed E-state index contributed by atoms with van der Waals surface area (Å²) < 4.78 is 59.5. The van der Waals surface area contributed by atoms with Crippen molar-refractivity contribution in [2.45, 2.75) is 65.1 Å². The first-order chi connectivity index (χ1) is 22.2. The number of halogens is 2. The van der Waals surface area contributed by atoms with Gasteiger partial charge in [-0.2, -0.15) is 0 Å². The summed E-state index contributed by atoms with van der Waals surface area (Å²) in [6.07, 6.45) is 3.21. The standard InChI is InChI=1S/C33H42F2N6O5S/c1-5-14-41(33(43)38-29-17-26(32(36)42)27(34)18-28(29)35)24-12-15-40(16-13-24)20-23-8-11-30(39-31(23)21(2)3)46-25-9-6-22(7-10-25)19-37-47(4,44)45/h6-11,17-18,21,24,37H,5,12-16,19-20H2,1-4H3,(H2,36,42)(H,38,43). The molecule has 0 radical (unpaired) electrons. The number of benzene rings is 2. The molecule has 1 aromatic heterocycles. The number of nitrogens with one attached hydrogen (secondary N) is 2. The molecule has 0 atom stereocenters. The number of amides is 3. The zero-order valence-electron chi connectivity index (χ0n) is 27.1. The van der Waals surface area contributed by atoms with Crippen LogP contribution in [0, 0.1) is 11.6 Å². The van der Waals surface area contributed by atoms with Crippen molar-refractivity contribution < 1.29 is 31.5 Å².